The molecule has 0 saturated heterocycles. The first-order chi connectivity index (χ1) is 4.83. The molecule has 11 heavy (non-hydrogen) atoms. The van der Waals surface area contributed by atoms with Crippen molar-refractivity contribution < 1.29 is 28.6 Å². The molecule has 64 valence electrons. The Morgan fingerprint density at radius 2 is 2.09 bits per heavy atom. The second kappa shape index (κ2) is 3.61. The third-order valence-electron chi connectivity index (χ3n) is 0.703. The van der Waals surface area contributed by atoms with Gasteiger partial charge in [0, 0.05) is 0 Å². The van der Waals surface area contributed by atoms with Crippen molar-refractivity contribution in [3.8, 4) is 0 Å². The zero-order chi connectivity index (χ0) is 9.07. The van der Waals surface area contributed by atoms with E-state index in [9.17, 15) is 18.9 Å². The van der Waals surface area contributed by atoms with Gasteiger partial charge < -0.3 is 19.7 Å². The molecule has 0 saturated carbocycles. The van der Waals surface area contributed by atoms with Crippen LogP contribution in [0.4, 0.5) is 4.39 Å². The average molecular weight is 183 g/mol. The summed E-state index contributed by atoms with van der Waals surface area (Å²) in [5.74, 6) is -3.76. The van der Waals surface area contributed by atoms with E-state index in [1.165, 1.54) is 0 Å². The summed E-state index contributed by atoms with van der Waals surface area (Å²) in [6.45, 7) is 0. The van der Waals surface area contributed by atoms with E-state index in [2.05, 4.69) is 0 Å². The number of hydrogen-bond donors (Lipinski definition) is 2. The maximum absolute atomic E-state index is 11.9. The molecular weight excluding hydrogens is 178 g/mol. The topological polar surface area (TPSA) is 97.7 Å². The lowest BCUT2D eigenvalue weighted by Crippen LogP contribution is -2.22. The molecule has 0 rings (SSSR count). The minimum atomic E-state index is -4.37. The molecule has 0 aromatic rings. The Balaban J connectivity index is 4.15. The highest BCUT2D eigenvalue weighted by molar-refractivity contribution is 7.51. The number of allylic oxidation sites excluding steroid dienone is 1. The van der Waals surface area contributed by atoms with Crippen LogP contribution in [0.15, 0.2) is 11.9 Å². The van der Waals surface area contributed by atoms with Gasteiger partial charge in [0.25, 0.3) is 0 Å². The maximum Gasteiger partial charge on any atom is 0.329 e. The Morgan fingerprint density at radius 1 is 1.64 bits per heavy atom. The molecule has 0 aliphatic carbocycles. The van der Waals surface area contributed by atoms with Crippen LogP contribution in [0.5, 0.6) is 0 Å². The fourth-order valence-electron chi connectivity index (χ4n) is 0.282. The number of carbonyl (C=O) groups excluding carboxylic acids is 1. The third kappa shape index (κ3) is 5.72. The molecule has 0 aliphatic rings. The predicted octanol–water partition coefficient (Wildman–Crippen LogP) is -1.23. The lowest BCUT2D eigenvalue weighted by molar-refractivity contribution is -0.301. The van der Waals surface area contributed by atoms with Crippen molar-refractivity contribution in [3.63, 3.8) is 0 Å². The monoisotopic (exact) mass is 183 g/mol. The minimum absolute atomic E-state index is 0.274. The summed E-state index contributed by atoms with van der Waals surface area (Å²) in [6.07, 6.45) is -0.664. The van der Waals surface area contributed by atoms with Crippen molar-refractivity contribution in [1.82, 2.24) is 0 Å². The van der Waals surface area contributed by atoms with Gasteiger partial charge in [0.05, 0.1) is 12.1 Å². The molecule has 0 unspecified atom stereocenters. The van der Waals surface area contributed by atoms with Crippen molar-refractivity contribution in [2.24, 2.45) is 0 Å². The first-order valence-corrected chi connectivity index (χ1v) is 4.24. The number of carboxylic acid groups (broad SMARTS) is 1. The molecule has 0 aromatic carbocycles. The third-order valence-corrected chi connectivity index (χ3v) is 1.36. The summed E-state index contributed by atoms with van der Waals surface area (Å²) in [5, 5.41) is 9.61. The van der Waals surface area contributed by atoms with Crippen molar-refractivity contribution in [2.45, 2.75) is 0 Å². The molecule has 0 radical (unpaired) electrons. The lowest BCUT2D eigenvalue weighted by Gasteiger charge is -1.99. The summed E-state index contributed by atoms with van der Waals surface area (Å²) in [5.41, 5.74) is 0. The van der Waals surface area contributed by atoms with Gasteiger partial charge in [0.2, 0.25) is 0 Å². The summed E-state index contributed by atoms with van der Waals surface area (Å²) in [7, 11) is -4.37. The van der Waals surface area contributed by atoms with E-state index in [0.717, 1.165) is 0 Å². The highest BCUT2D eigenvalue weighted by atomic mass is 31.2. The van der Waals surface area contributed by atoms with Gasteiger partial charge in [-0.1, -0.05) is 0 Å². The number of halogens is 1. The Kier molecular flexibility index (Phi) is 3.38. The van der Waals surface area contributed by atoms with Crippen molar-refractivity contribution in [2.75, 3.05) is 6.16 Å². The van der Waals surface area contributed by atoms with Crippen LogP contribution in [-0.4, -0.2) is 21.9 Å². The largest absolute Gasteiger partial charge is 0.542 e. The highest BCUT2D eigenvalue weighted by Gasteiger charge is 2.10. The van der Waals surface area contributed by atoms with Crippen molar-refractivity contribution in [1.29, 1.82) is 0 Å². The maximum atomic E-state index is 11.9. The molecule has 0 aromatic heterocycles. The summed E-state index contributed by atoms with van der Waals surface area (Å²) < 4.78 is 21.9. The van der Waals surface area contributed by atoms with Gasteiger partial charge in [-0.25, -0.2) is 4.39 Å². The summed E-state index contributed by atoms with van der Waals surface area (Å²) >= 11 is 0. The predicted molar refractivity (Wildman–Crippen MR) is 31.1 cm³/mol. The van der Waals surface area contributed by atoms with Crippen LogP contribution >= 0.6 is 7.60 Å². The molecule has 0 atom stereocenters. The summed E-state index contributed by atoms with van der Waals surface area (Å²) in [4.78, 5) is 25.9. The second-order valence-electron chi connectivity index (χ2n) is 1.69. The van der Waals surface area contributed by atoms with E-state index in [1.807, 2.05) is 0 Å². The molecule has 2 N–H and O–H groups in total. The first-order valence-electron chi connectivity index (χ1n) is 2.44. The first kappa shape index (κ1) is 10.3. The van der Waals surface area contributed by atoms with E-state index < -0.39 is 25.6 Å². The van der Waals surface area contributed by atoms with E-state index >= 15 is 0 Å². The van der Waals surface area contributed by atoms with E-state index in [0.29, 0.717) is 0 Å². The summed E-state index contributed by atoms with van der Waals surface area (Å²) in [6, 6.07) is 0. The molecule has 0 spiro atoms. The van der Waals surface area contributed by atoms with Crippen LogP contribution < -0.4 is 5.11 Å². The van der Waals surface area contributed by atoms with Gasteiger partial charge >= 0.3 is 7.60 Å². The highest BCUT2D eigenvalue weighted by Crippen LogP contribution is 2.34. The quantitative estimate of drug-likeness (QED) is 0.421. The molecule has 5 nitrogen and oxygen atoms in total. The number of aliphatic carboxylic acids is 1. The lowest BCUT2D eigenvalue weighted by atomic mass is 10.5. The van der Waals surface area contributed by atoms with Gasteiger partial charge in [-0.3, -0.25) is 4.57 Å². The number of carboxylic acids is 1. The normalized spacial score (nSPS) is 13.2. The van der Waals surface area contributed by atoms with E-state index in [1.54, 1.807) is 0 Å². The van der Waals surface area contributed by atoms with Gasteiger partial charge in [-0.2, -0.15) is 0 Å². The van der Waals surface area contributed by atoms with Crippen molar-refractivity contribution >= 4 is 13.6 Å². The Labute approximate surface area is 61.3 Å². The van der Waals surface area contributed by atoms with Gasteiger partial charge in [0.15, 0.2) is 0 Å². The molecule has 0 aliphatic heterocycles. The standard InChI is InChI=1S/C4H6FO5P/c5-3(4(6)7)1-2-11(8,9)10/h1H,2H2,(H,6,7)(H2,8,9,10)/p-1/b3-1-. The van der Waals surface area contributed by atoms with Gasteiger partial charge in [-0.05, 0) is 6.08 Å². The average Bonchev–Trinajstić information content (AvgIpc) is 1.80. The number of hydrogen-bond acceptors (Lipinski definition) is 3. The molecule has 0 fully saturated rings. The fraction of sp³-hybridized carbons (Fsp3) is 0.250. The molecule has 0 amide bonds. The van der Waals surface area contributed by atoms with Crippen LogP contribution in [0, 0.1) is 0 Å². The Hall–Kier alpha value is -0.710. The second-order valence-corrected chi connectivity index (χ2v) is 3.38. The zero-order valence-electron chi connectivity index (χ0n) is 5.23. The van der Waals surface area contributed by atoms with Crippen LogP contribution in [0.1, 0.15) is 0 Å². The number of rotatable bonds is 3. The molecular formula is C4H5FO5P-. The zero-order valence-corrected chi connectivity index (χ0v) is 6.12. The van der Waals surface area contributed by atoms with Crippen molar-refractivity contribution in [3.05, 3.63) is 11.9 Å². The molecule has 7 heteroatoms. The van der Waals surface area contributed by atoms with E-state index in [-0.39, 0.29) is 6.08 Å². The van der Waals surface area contributed by atoms with Crippen LogP contribution in [0.3, 0.4) is 0 Å². The molecule has 0 bridgehead atoms. The Bertz CT molecular complexity index is 229. The van der Waals surface area contributed by atoms with Crippen LogP contribution in [0.25, 0.3) is 0 Å². The fourth-order valence-corrected chi connectivity index (χ4v) is 0.681. The smallest absolute Gasteiger partial charge is 0.329 e. The minimum Gasteiger partial charge on any atom is -0.542 e. The number of carbonyl (C=O) groups is 1. The van der Waals surface area contributed by atoms with E-state index in [4.69, 9.17) is 9.79 Å². The SMILES string of the molecule is O=C([O-])/C(F)=C/CP(=O)(O)O. The van der Waals surface area contributed by atoms with Gasteiger partial charge in [-0.15, -0.1) is 0 Å². The van der Waals surface area contributed by atoms with Crippen LogP contribution in [0.2, 0.25) is 0 Å². The molecule has 0 heterocycles. The van der Waals surface area contributed by atoms with Gasteiger partial charge in [0.1, 0.15) is 5.83 Å². The van der Waals surface area contributed by atoms with Crippen LogP contribution in [-0.2, 0) is 9.36 Å². The Morgan fingerprint density at radius 3 is 2.36 bits per heavy atom.